The number of rotatable bonds is 9. The second kappa shape index (κ2) is 9.21. The minimum Gasteiger partial charge on any atom is -0.493 e. The van der Waals surface area contributed by atoms with Crippen LogP contribution in [-0.4, -0.2) is 32.1 Å². The zero-order valence-electron chi connectivity index (χ0n) is 16.1. The van der Waals surface area contributed by atoms with E-state index in [4.69, 9.17) is 4.74 Å². The summed E-state index contributed by atoms with van der Waals surface area (Å²) in [6, 6.07) is 6.47. The highest BCUT2D eigenvalue weighted by molar-refractivity contribution is 7.18. The van der Waals surface area contributed by atoms with Gasteiger partial charge in [-0.3, -0.25) is 9.59 Å². The van der Waals surface area contributed by atoms with E-state index >= 15 is 0 Å². The molecular formula is C20H22F2N2O4S. The number of amides is 2. The number of methoxy groups -OCH3 is 1. The van der Waals surface area contributed by atoms with Crippen molar-refractivity contribution in [3.05, 3.63) is 40.3 Å². The summed E-state index contributed by atoms with van der Waals surface area (Å²) in [4.78, 5) is 24.9. The van der Waals surface area contributed by atoms with E-state index in [0.29, 0.717) is 22.8 Å². The molecule has 1 aromatic heterocycles. The Balaban J connectivity index is 1.54. The Morgan fingerprint density at radius 1 is 1.24 bits per heavy atom. The van der Waals surface area contributed by atoms with Gasteiger partial charge < -0.3 is 20.1 Å². The monoisotopic (exact) mass is 424 g/mol. The third-order valence-corrected chi connectivity index (χ3v) is 5.61. The average molecular weight is 424 g/mol. The van der Waals surface area contributed by atoms with Gasteiger partial charge in [-0.15, -0.1) is 11.3 Å². The maximum atomic E-state index is 12.5. The van der Waals surface area contributed by atoms with E-state index in [2.05, 4.69) is 15.4 Å². The highest BCUT2D eigenvalue weighted by Crippen LogP contribution is 2.33. The summed E-state index contributed by atoms with van der Waals surface area (Å²) < 4.78 is 34.3. The molecule has 29 heavy (non-hydrogen) atoms. The van der Waals surface area contributed by atoms with Crippen LogP contribution in [0.5, 0.6) is 11.5 Å². The van der Waals surface area contributed by atoms with Crippen molar-refractivity contribution in [3.8, 4) is 11.5 Å². The van der Waals surface area contributed by atoms with Gasteiger partial charge in [0.1, 0.15) is 0 Å². The van der Waals surface area contributed by atoms with Gasteiger partial charge in [0.25, 0.3) is 5.91 Å². The first-order valence-corrected chi connectivity index (χ1v) is 10.00. The largest absolute Gasteiger partial charge is 0.493 e. The third kappa shape index (κ3) is 5.66. The molecule has 0 unspecified atom stereocenters. The Labute approximate surface area is 171 Å². The van der Waals surface area contributed by atoms with Gasteiger partial charge in [0.15, 0.2) is 11.5 Å². The normalized spacial score (nSPS) is 13.3. The van der Waals surface area contributed by atoms with Gasteiger partial charge in [0.2, 0.25) is 5.91 Å². The number of hydrogen-bond acceptors (Lipinski definition) is 5. The van der Waals surface area contributed by atoms with Crippen molar-refractivity contribution in [1.82, 2.24) is 5.32 Å². The topological polar surface area (TPSA) is 76.7 Å². The highest BCUT2D eigenvalue weighted by Gasteiger charge is 2.30. The van der Waals surface area contributed by atoms with Gasteiger partial charge in [-0.1, -0.05) is 6.07 Å². The number of carbonyl (C=O) groups is 2. The van der Waals surface area contributed by atoms with Crippen molar-refractivity contribution in [2.45, 2.75) is 32.8 Å². The summed E-state index contributed by atoms with van der Waals surface area (Å²) >= 11 is 1.25. The van der Waals surface area contributed by atoms with Gasteiger partial charge in [-0.05, 0) is 55.5 Å². The molecular weight excluding hydrogens is 402 g/mol. The van der Waals surface area contributed by atoms with Crippen molar-refractivity contribution in [3.63, 3.8) is 0 Å². The summed E-state index contributed by atoms with van der Waals surface area (Å²) in [7, 11) is 1.37. The summed E-state index contributed by atoms with van der Waals surface area (Å²) in [6.45, 7) is -0.745. The lowest BCUT2D eigenvalue weighted by Gasteiger charge is -2.11. The number of alkyl halides is 2. The predicted octanol–water partition coefficient (Wildman–Crippen LogP) is 3.99. The molecule has 1 aliphatic carbocycles. The molecule has 0 bridgehead atoms. The lowest BCUT2D eigenvalue weighted by atomic mass is 10.1. The van der Waals surface area contributed by atoms with Crippen molar-refractivity contribution < 1.29 is 27.8 Å². The zero-order valence-corrected chi connectivity index (χ0v) is 16.9. The summed E-state index contributed by atoms with van der Waals surface area (Å²) in [5.41, 5.74) is 1.61. The molecule has 2 N–H and O–H groups in total. The molecule has 156 valence electrons. The van der Waals surface area contributed by atoms with Gasteiger partial charge in [-0.25, -0.2) is 0 Å². The number of hydrogen-bond donors (Lipinski definition) is 2. The number of ether oxygens (including phenoxy) is 2. The van der Waals surface area contributed by atoms with Crippen molar-refractivity contribution in [1.29, 1.82) is 0 Å². The summed E-state index contributed by atoms with van der Waals surface area (Å²) in [5.74, 6) is 0.0594. The molecule has 0 spiro atoms. The summed E-state index contributed by atoms with van der Waals surface area (Å²) in [5, 5.41) is 6.37. The fourth-order valence-corrected chi connectivity index (χ4v) is 3.79. The molecule has 0 radical (unpaired) electrons. The van der Waals surface area contributed by atoms with Crippen LogP contribution in [0.4, 0.5) is 13.8 Å². The third-order valence-electron chi connectivity index (χ3n) is 4.46. The van der Waals surface area contributed by atoms with Gasteiger partial charge >= 0.3 is 6.61 Å². The Morgan fingerprint density at radius 2 is 2.00 bits per heavy atom. The predicted molar refractivity (Wildman–Crippen MR) is 106 cm³/mol. The van der Waals surface area contributed by atoms with E-state index < -0.39 is 6.61 Å². The van der Waals surface area contributed by atoms with Crippen LogP contribution in [-0.2, 0) is 11.2 Å². The van der Waals surface area contributed by atoms with Crippen LogP contribution >= 0.6 is 11.3 Å². The van der Waals surface area contributed by atoms with E-state index in [1.165, 1.54) is 24.5 Å². The molecule has 9 heteroatoms. The van der Waals surface area contributed by atoms with E-state index in [1.54, 1.807) is 18.2 Å². The molecule has 2 aromatic rings. The maximum absolute atomic E-state index is 12.5. The van der Waals surface area contributed by atoms with Crippen LogP contribution in [0.1, 0.15) is 33.6 Å². The molecule has 0 aliphatic heterocycles. The summed E-state index contributed by atoms with van der Waals surface area (Å²) in [6.07, 6.45) is 2.33. The molecule has 0 saturated heterocycles. The minimum absolute atomic E-state index is 0.00595. The smallest absolute Gasteiger partial charge is 0.387 e. The van der Waals surface area contributed by atoms with Crippen LogP contribution in [0.2, 0.25) is 0 Å². The molecule has 1 aliphatic rings. The fraction of sp³-hybridized carbons (Fsp3) is 0.400. The Morgan fingerprint density at radius 3 is 2.66 bits per heavy atom. The first-order valence-electron chi connectivity index (χ1n) is 9.18. The zero-order chi connectivity index (χ0) is 21.0. The van der Waals surface area contributed by atoms with E-state index in [0.717, 1.165) is 24.0 Å². The highest BCUT2D eigenvalue weighted by atomic mass is 32.1. The minimum atomic E-state index is -2.93. The van der Waals surface area contributed by atoms with E-state index in [1.807, 2.05) is 6.92 Å². The number of carbonyl (C=O) groups excluding carboxylic acids is 2. The Hall–Kier alpha value is -2.68. The standard InChI is InChI=1S/C20H22F2N2O4S/c1-11-9-16(24-18(25)13-4-5-13)29-17(11)19(26)23-8-7-12-3-6-14(28-20(21)22)15(10-12)27-2/h3,6,9-10,13,20H,4-5,7-8H2,1-2H3,(H,23,26)(H,24,25). The SMILES string of the molecule is COc1cc(CCNC(=O)c2sc(NC(=O)C3CC3)cc2C)ccc1OC(F)F. The number of halogens is 2. The molecule has 1 heterocycles. The fourth-order valence-electron chi connectivity index (χ4n) is 2.80. The number of anilines is 1. The molecule has 1 aromatic carbocycles. The van der Waals surface area contributed by atoms with Crippen LogP contribution in [0, 0.1) is 12.8 Å². The van der Waals surface area contributed by atoms with Gasteiger partial charge in [0, 0.05) is 12.5 Å². The molecule has 3 rings (SSSR count). The van der Waals surface area contributed by atoms with Gasteiger partial charge in [-0.2, -0.15) is 8.78 Å². The number of benzene rings is 1. The molecule has 1 fully saturated rings. The Bertz CT molecular complexity index is 897. The average Bonchev–Trinajstić information content (AvgIpc) is 3.46. The first kappa shape index (κ1) is 21.0. The van der Waals surface area contributed by atoms with Crippen LogP contribution in [0.3, 0.4) is 0 Å². The second-order valence-electron chi connectivity index (χ2n) is 6.76. The number of thiophene rings is 1. The van der Waals surface area contributed by atoms with Gasteiger partial charge in [0.05, 0.1) is 17.0 Å². The molecule has 1 saturated carbocycles. The number of aryl methyl sites for hydroxylation is 1. The molecule has 0 atom stereocenters. The Kier molecular flexibility index (Phi) is 6.68. The van der Waals surface area contributed by atoms with E-state index in [-0.39, 0.29) is 29.2 Å². The van der Waals surface area contributed by atoms with Crippen molar-refractivity contribution in [2.24, 2.45) is 5.92 Å². The van der Waals surface area contributed by atoms with Crippen LogP contribution in [0.25, 0.3) is 0 Å². The van der Waals surface area contributed by atoms with E-state index in [9.17, 15) is 18.4 Å². The van der Waals surface area contributed by atoms with Crippen LogP contribution in [0.15, 0.2) is 24.3 Å². The number of nitrogens with one attached hydrogen (secondary N) is 2. The second-order valence-corrected chi connectivity index (χ2v) is 7.81. The van der Waals surface area contributed by atoms with Crippen LogP contribution < -0.4 is 20.1 Å². The van der Waals surface area contributed by atoms with Crippen molar-refractivity contribution >= 4 is 28.2 Å². The lowest BCUT2D eigenvalue weighted by molar-refractivity contribution is -0.117. The molecule has 2 amide bonds. The quantitative estimate of drug-likeness (QED) is 0.638. The first-order chi connectivity index (χ1) is 13.9. The van der Waals surface area contributed by atoms with Crippen molar-refractivity contribution in [2.75, 3.05) is 19.0 Å². The lowest BCUT2D eigenvalue weighted by Crippen LogP contribution is -2.25. The molecule has 6 nitrogen and oxygen atoms in total. The maximum Gasteiger partial charge on any atom is 0.387 e.